The first-order valence-electron chi connectivity index (χ1n) is 7.30. The molecule has 2 rings (SSSR count). The van der Waals surface area contributed by atoms with Crippen LogP contribution in [0, 0.1) is 17.0 Å². The molecule has 0 aliphatic carbocycles. The highest BCUT2D eigenvalue weighted by Crippen LogP contribution is 2.21. The second kappa shape index (κ2) is 7.02. The molecule has 1 aliphatic heterocycles. The van der Waals surface area contributed by atoms with E-state index in [0.29, 0.717) is 31.5 Å². The van der Waals surface area contributed by atoms with Gasteiger partial charge in [0.15, 0.2) is 0 Å². The summed E-state index contributed by atoms with van der Waals surface area (Å²) in [6, 6.07) is 4.55. The summed E-state index contributed by atoms with van der Waals surface area (Å²) in [6.07, 6.45) is 2.12. The van der Waals surface area contributed by atoms with Crippen molar-refractivity contribution in [1.29, 1.82) is 0 Å². The van der Waals surface area contributed by atoms with Crippen LogP contribution in [-0.4, -0.2) is 41.3 Å². The van der Waals surface area contributed by atoms with Crippen molar-refractivity contribution < 1.29 is 14.5 Å². The number of nitrogens with zero attached hydrogens (tertiary/aromatic N) is 2. The van der Waals surface area contributed by atoms with Gasteiger partial charge in [-0.2, -0.15) is 0 Å². The van der Waals surface area contributed by atoms with Gasteiger partial charge >= 0.3 is 0 Å². The molecule has 1 N–H and O–H groups in total. The van der Waals surface area contributed by atoms with Crippen molar-refractivity contribution in [3.8, 4) is 0 Å². The minimum Gasteiger partial charge on any atom is -0.352 e. The van der Waals surface area contributed by atoms with Gasteiger partial charge in [-0.15, -0.1) is 0 Å². The SMILES string of the molecule is Cc1cccc([N+](=O)[O-])c1C(=O)NCCCN1CCCC1=O. The Bertz CT molecular complexity index is 600. The fourth-order valence-electron chi connectivity index (χ4n) is 2.60. The lowest BCUT2D eigenvalue weighted by atomic mass is 10.1. The first-order chi connectivity index (χ1) is 10.5. The second-order valence-electron chi connectivity index (χ2n) is 5.32. The van der Waals surface area contributed by atoms with Crippen LogP contribution in [0.25, 0.3) is 0 Å². The Morgan fingerprint density at radius 1 is 1.45 bits per heavy atom. The van der Waals surface area contributed by atoms with Gasteiger partial charge in [0.1, 0.15) is 5.56 Å². The summed E-state index contributed by atoms with van der Waals surface area (Å²) in [4.78, 5) is 35.8. The lowest BCUT2D eigenvalue weighted by molar-refractivity contribution is -0.385. The van der Waals surface area contributed by atoms with Crippen LogP contribution in [0.3, 0.4) is 0 Å². The number of rotatable bonds is 6. The zero-order chi connectivity index (χ0) is 16.1. The van der Waals surface area contributed by atoms with E-state index in [1.54, 1.807) is 24.0 Å². The molecule has 0 unspecified atom stereocenters. The fourth-order valence-corrected chi connectivity index (χ4v) is 2.60. The number of hydrogen-bond acceptors (Lipinski definition) is 4. The molecule has 0 spiro atoms. The maximum atomic E-state index is 12.2. The van der Waals surface area contributed by atoms with Gasteiger partial charge in [-0.25, -0.2) is 0 Å². The van der Waals surface area contributed by atoms with Crippen LogP contribution in [0.15, 0.2) is 18.2 Å². The van der Waals surface area contributed by atoms with E-state index < -0.39 is 10.8 Å². The van der Waals surface area contributed by atoms with Crippen molar-refractivity contribution in [3.05, 3.63) is 39.4 Å². The molecule has 7 nitrogen and oxygen atoms in total. The molecule has 1 heterocycles. The molecule has 0 aromatic heterocycles. The summed E-state index contributed by atoms with van der Waals surface area (Å²) in [7, 11) is 0. The number of hydrogen-bond donors (Lipinski definition) is 1. The van der Waals surface area contributed by atoms with Crippen LogP contribution >= 0.6 is 0 Å². The topological polar surface area (TPSA) is 92.5 Å². The minimum absolute atomic E-state index is 0.102. The molecule has 1 fully saturated rings. The molecule has 1 aromatic rings. The Balaban J connectivity index is 1.90. The number of nitro benzene ring substituents is 1. The number of carbonyl (C=O) groups is 2. The summed E-state index contributed by atoms with van der Waals surface area (Å²) in [6.45, 7) is 3.43. The van der Waals surface area contributed by atoms with E-state index >= 15 is 0 Å². The first kappa shape index (κ1) is 15.9. The van der Waals surface area contributed by atoms with E-state index in [0.717, 1.165) is 13.0 Å². The van der Waals surface area contributed by atoms with Gasteiger partial charge in [0.2, 0.25) is 5.91 Å². The predicted octanol–water partition coefficient (Wildman–Crippen LogP) is 1.65. The quantitative estimate of drug-likeness (QED) is 0.491. The highest BCUT2D eigenvalue weighted by molar-refractivity contribution is 5.99. The van der Waals surface area contributed by atoms with Gasteiger partial charge in [-0.1, -0.05) is 12.1 Å². The minimum atomic E-state index is -0.551. The van der Waals surface area contributed by atoms with Crippen molar-refractivity contribution >= 4 is 17.5 Å². The average Bonchev–Trinajstić information content (AvgIpc) is 2.88. The maximum Gasteiger partial charge on any atom is 0.282 e. The third-order valence-electron chi connectivity index (χ3n) is 3.74. The van der Waals surface area contributed by atoms with Gasteiger partial charge < -0.3 is 10.2 Å². The van der Waals surface area contributed by atoms with Gasteiger partial charge in [-0.05, 0) is 25.3 Å². The Morgan fingerprint density at radius 2 is 2.23 bits per heavy atom. The predicted molar refractivity (Wildman–Crippen MR) is 80.6 cm³/mol. The van der Waals surface area contributed by atoms with Crippen LogP contribution < -0.4 is 5.32 Å². The Morgan fingerprint density at radius 3 is 2.86 bits per heavy atom. The van der Waals surface area contributed by atoms with Crippen LogP contribution in [0.1, 0.15) is 35.2 Å². The summed E-state index contributed by atoms with van der Waals surface area (Å²) < 4.78 is 0. The summed E-state index contributed by atoms with van der Waals surface area (Å²) in [5.41, 5.74) is 0.485. The number of carbonyl (C=O) groups excluding carboxylic acids is 2. The number of amides is 2. The molecule has 1 aromatic carbocycles. The highest BCUT2D eigenvalue weighted by Gasteiger charge is 2.22. The molecule has 2 amide bonds. The molecule has 118 valence electrons. The smallest absolute Gasteiger partial charge is 0.282 e. The number of benzene rings is 1. The molecule has 1 aliphatic rings. The van der Waals surface area contributed by atoms with Gasteiger partial charge in [0, 0.05) is 32.1 Å². The Labute approximate surface area is 128 Å². The van der Waals surface area contributed by atoms with Gasteiger partial charge in [-0.3, -0.25) is 19.7 Å². The Hall–Kier alpha value is -2.44. The summed E-state index contributed by atoms with van der Waals surface area (Å²) in [5, 5.41) is 13.7. The van der Waals surface area contributed by atoms with Crippen LogP contribution in [-0.2, 0) is 4.79 Å². The van der Waals surface area contributed by atoms with Crippen molar-refractivity contribution in [2.75, 3.05) is 19.6 Å². The van der Waals surface area contributed by atoms with Crippen molar-refractivity contribution in [2.24, 2.45) is 0 Å². The molecular weight excluding hydrogens is 286 g/mol. The van der Waals surface area contributed by atoms with Crippen molar-refractivity contribution in [2.45, 2.75) is 26.2 Å². The summed E-state index contributed by atoms with van der Waals surface area (Å²) in [5.74, 6) is -0.293. The van der Waals surface area contributed by atoms with E-state index in [2.05, 4.69) is 5.32 Å². The molecule has 22 heavy (non-hydrogen) atoms. The fraction of sp³-hybridized carbons (Fsp3) is 0.467. The molecule has 0 saturated carbocycles. The first-order valence-corrected chi connectivity index (χ1v) is 7.30. The van der Waals surface area contributed by atoms with E-state index in [-0.39, 0.29) is 17.2 Å². The normalized spacial score (nSPS) is 14.2. The molecule has 0 atom stereocenters. The molecule has 0 radical (unpaired) electrons. The third-order valence-corrected chi connectivity index (χ3v) is 3.74. The lowest BCUT2D eigenvalue weighted by Gasteiger charge is -2.15. The molecular formula is C15H19N3O4. The van der Waals surface area contributed by atoms with Crippen LogP contribution in [0.2, 0.25) is 0 Å². The maximum absolute atomic E-state index is 12.2. The Kier molecular flexibility index (Phi) is 5.08. The monoisotopic (exact) mass is 305 g/mol. The van der Waals surface area contributed by atoms with E-state index in [9.17, 15) is 19.7 Å². The van der Waals surface area contributed by atoms with Crippen LogP contribution in [0.5, 0.6) is 0 Å². The average molecular weight is 305 g/mol. The van der Waals surface area contributed by atoms with Gasteiger partial charge in [0.05, 0.1) is 4.92 Å². The zero-order valence-corrected chi connectivity index (χ0v) is 12.5. The third kappa shape index (κ3) is 3.60. The second-order valence-corrected chi connectivity index (χ2v) is 5.32. The van der Waals surface area contributed by atoms with Crippen molar-refractivity contribution in [3.63, 3.8) is 0 Å². The lowest BCUT2D eigenvalue weighted by Crippen LogP contribution is -2.31. The van der Waals surface area contributed by atoms with E-state index in [4.69, 9.17) is 0 Å². The number of aryl methyl sites for hydroxylation is 1. The number of likely N-dealkylation sites (tertiary alicyclic amines) is 1. The van der Waals surface area contributed by atoms with Crippen molar-refractivity contribution in [1.82, 2.24) is 10.2 Å². The standard InChI is InChI=1S/C15H19N3O4/c1-11-5-2-6-12(18(21)22)14(11)15(20)16-8-4-10-17-9-3-7-13(17)19/h2,5-6H,3-4,7-10H2,1H3,(H,16,20). The molecule has 1 saturated heterocycles. The molecule has 0 bridgehead atoms. The number of nitrogens with one attached hydrogen (secondary N) is 1. The van der Waals surface area contributed by atoms with E-state index in [1.807, 2.05) is 0 Å². The van der Waals surface area contributed by atoms with E-state index in [1.165, 1.54) is 6.07 Å². The zero-order valence-electron chi connectivity index (χ0n) is 12.5. The molecule has 7 heteroatoms. The summed E-state index contributed by atoms with van der Waals surface area (Å²) >= 11 is 0. The largest absolute Gasteiger partial charge is 0.352 e. The highest BCUT2D eigenvalue weighted by atomic mass is 16.6. The van der Waals surface area contributed by atoms with Gasteiger partial charge in [0.25, 0.3) is 11.6 Å². The van der Waals surface area contributed by atoms with Crippen LogP contribution in [0.4, 0.5) is 5.69 Å². The number of nitro groups is 1.